The molecule has 112 valence electrons. The highest BCUT2D eigenvalue weighted by molar-refractivity contribution is 5.99. The molecule has 0 bridgehead atoms. The van der Waals surface area contributed by atoms with Crippen LogP contribution in [0.5, 0.6) is 0 Å². The summed E-state index contributed by atoms with van der Waals surface area (Å²) in [6, 6.07) is 9.90. The van der Waals surface area contributed by atoms with Crippen molar-refractivity contribution >= 4 is 18.2 Å². The van der Waals surface area contributed by atoms with Crippen molar-refractivity contribution in [3.63, 3.8) is 0 Å². The average molecular weight is 298 g/mol. The van der Waals surface area contributed by atoms with Crippen LogP contribution in [0.4, 0.5) is 0 Å². The Morgan fingerprint density at radius 2 is 1.91 bits per heavy atom. The normalized spacial score (nSPS) is 23.2. The van der Waals surface area contributed by atoms with E-state index < -0.39 is 23.4 Å². The fraction of sp³-hybridized carbons (Fsp3) is 0.143. The number of carbonyl (C=O) groups excluding carboxylic acids is 2. The molecule has 1 aliphatic rings. The summed E-state index contributed by atoms with van der Waals surface area (Å²) in [6.07, 6.45) is 1.25. The fourth-order valence-corrected chi connectivity index (χ4v) is 2.54. The quantitative estimate of drug-likeness (QED) is 0.589. The van der Waals surface area contributed by atoms with E-state index in [0.29, 0.717) is 11.4 Å². The van der Waals surface area contributed by atoms with Crippen LogP contribution in [-0.2, 0) is 15.1 Å². The number of aromatic nitrogens is 2. The monoisotopic (exact) mass is 298 g/mol. The van der Waals surface area contributed by atoms with Crippen LogP contribution >= 0.6 is 0 Å². The number of rotatable bonds is 4. The second-order valence-electron chi connectivity index (χ2n) is 4.93. The molecule has 2 amide bonds. The van der Waals surface area contributed by atoms with E-state index >= 15 is 0 Å². The summed E-state index contributed by atoms with van der Waals surface area (Å²) >= 11 is 0. The molecule has 0 saturated heterocycles. The summed E-state index contributed by atoms with van der Waals surface area (Å²) in [7, 11) is 0. The second-order valence-corrected chi connectivity index (χ2v) is 4.93. The van der Waals surface area contributed by atoms with Gasteiger partial charge in [0.05, 0.1) is 17.7 Å². The molecule has 1 aromatic heterocycles. The Kier molecular flexibility index (Phi) is 3.13. The number of nitrogens with one attached hydrogen (secondary N) is 2. The minimum absolute atomic E-state index is 0.333. The van der Waals surface area contributed by atoms with Gasteiger partial charge in [-0.1, -0.05) is 30.3 Å². The Hall–Kier alpha value is -3.16. The third-order valence-corrected chi connectivity index (χ3v) is 3.66. The van der Waals surface area contributed by atoms with E-state index in [1.807, 2.05) is 30.3 Å². The highest BCUT2D eigenvalue weighted by Crippen LogP contribution is 2.30. The number of primary amides is 2. The molecule has 0 fully saturated rings. The summed E-state index contributed by atoms with van der Waals surface area (Å²) in [5.41, 5.74) is 11.1. The largest absolute Gasteiger partial charge is 0.368 e. The van der Waals surface area contributed by atoms with Crippen molar-refractivity contribution < 1.29 is 9.59 Å². The molecule has 2 unspecified atom stereocenters. The standard InChI is InChI=1S/C14H14N6O2/c15-12(21)11-14(13(16)22,18-7-17-11)10-6-9(19-20-10)8-4-2-1-3-5-8/h1-7,11H,(H2,15,21)(H2,16,22)(H,17,18)(H,19,20). The highest BCUT2D eigenvalue weighted by Gasteiger charge is 2.52. The van der Waals surface area contributed by atoms with Crippen molar-refractivity contribution in [2.75, 3.05) is 0 Å². The van der Waals surface area contributed by atoms with Gasteiger partial charge in [0.1, 0.15) is 0 Å². The number of hydrogen-bond donors (Lipinski definition) is 4. The van der Waals surface area contributed by atoms with Crippen molar-refractivity contribution in [3.8, 4) is 11.3 Å². The van der Waals surface area contributed by atoms with Crippen molar-refractivity contribution in [1.82, 2.24) is 15.5 Å². The van der Waals surface area contributed by atoms with Gasteiger partial charge in [0.2, 0.25) is 5.91 Å². The molecule has 2 aromatic rings. The van der Waals surface area contributed by atoms with E-state index in [-0.39, 0.29) is 0 Å². The van der Waals surface area contributed by atoms with E-state index in [9.17, 15) is 9.59 Å². The highest BCUT2D eigenvalue weighted by atomic mass is 16.2. The average Bonchev–Trinajstić information content (AvgIpc) is 3.15. The van der Waals surface area contributed by atoms with Crippen molar-refractivity contribution in [1.29, 1.82) is 0 Å². The van der Waals surface area contributed by atoms with Gasteiger partial charge in [0, 0.05) is 5.56 Å². The molecular weight excluding hydrogens is 284 g/mol. The number of amides is 2. The fourth-order valence-electron chi connectivity index (χ4n) is 2.54. The first-order chi connectivity index (χ1) is 10.6. The molecule has 2 atom stereocenters. The molecule has 22 heavy (non-hydrogen) atoms. The van der Waals surface area contributed by atoms with Gasteiger partial charge in [-0.15, -0.1) is 0 Å². The minimum Gasteiger partial charge on any atom is -0.368 e. The first-order valence-electron chi connectivity index (χ1n) is 6.55. The lowest BCUT2D eigenvalue weighted by Gasteiger charge is -2.28. The van der Waals surface area contributed by atoms with Crippen LogP contribution in [0.15, 0.2) is 41.4 Å². The van der Waals surface area contributed by atoms with E-state index in [1.165, 1.54) is 6.34 Å². The number of nitrogens with two attached hydrogens (primary N) is 2. The zero-order chi connectivity index (χ0) is 15.7. The summed E-state index contributed by atoms with van der Waals surface area (Å²) in [6.45, 7) is 0. The van der Waals surface area contributed by atoms with Gasteiger partial charge in [-0.25, -0.2) is 0 Å². The van der Waals surface area contributed by atoms with Gasteiger partial charge in [-0.3, -0.25) is 19.7 Å². The maximum Gasteiger partial charge on any atom is 0.252 e. The van der Waals surface area contributed by atoms with Crippen LogP contribution < -0.4 is 16.8 Å². The second kappa shape index (κ2) is 4.99. The Morgan fingerprint density at radius 1 is 1.18 bits per heavy atom. The molecule has 3 rings (SSSR count). The molecule has 1 aromatic carbocycles. The first kappa shape index (κ1) is 13.8. The van der Waals surface area contributed by atoms with Gasteiger partial charge in [0.25, 0.3) is 5.91 Å². The topological polar surface area (TPSA) is 139 Å². The van der Waals surface area contributed by atoms with Gasteiger partial charge in [-0.2, -0.15) is 5.10 Å². The molecule has 8 nitrogen and oxygen atoms in total. The molecule has 0 saturated carbocycles. The van der Waals surface area contributed by atoms with E-state index in [2.05, 4.69) is 20.5 Å². The van der Waals surface area contributed by atoms with Crippen LogP contribution in [0.3, 0.4) is 0 Å². The SMILES string of the molecule is NC(=O)C1N=CNC1(C(N)=O)c1cc(-c2ccccc2)n[nH]1. The van der Waals surface area contributed by atoms with E-state index in [4.69, 9.17) is 11.5 Å². The Balaban J connectivity index is 2.07. The molecule has 1 aliphatic heterocycles. The summed E-state index contributed by atoms with van der Waals surface area (Å²) in [4.78, 5) is 27.5. The number of hydrogen-bond acceptors (Lipinski definition) is 5. The number of benzene rings is 1. The maximum absolute atomic E-state index is 12.0. The molecule has 0 radical (unpaired) electrons. The molecule has 6 N–H and O–H groups in total. The Labute approximate surface area is 125 Å². The van der Waals surface area contributed by atoms with Gasteiger partial charge in [-0.05, 0) is 6.07 Å². The Morgan fingerprint density at radius 3 is 2.55 bits per heavy atom. The number of aromatic amines is 1. The number of nitrogens with zero attached hydrogens (tertiary/aromatic N) is 2. The van der Waals surface area contributed by atoms with Gasteiger partial charge >= 0.3 is 0 Å². The van der Waals surface area contributed by atoms with E-state index in [0.717, 1.165) is 5.56 Å². The zero-order valence-electron chi connectivity index (χ0n) is 11.5. The smallest absolute Gasteiger partial charge is 0.252 e. The first-order valence-corrected chi connectivity index (χ1v) is 6.55. The predicted molar refractivity (Wildman–Crippen MR) is 79.5 cm³/mol. The maximum atomic E-state index is 12.0. The van der Waals surface area contributed by atoms with Crippen LogP contribution in [0, 0.1) is 0 Å². The number of H-pyrrole nitrogens is 1. The van der Waals surface area contributed by atoms with Crippen molar-refractivity contribution in [3.05, 3.63) is 42.1 Å². The van der Waals surface area contributed by atoms with E-state index in [1.54, 1.807) is 6.07 Å². The third kappa shape index (κ3) is 1.93. The molecule has 0 spiro atoms. The molecular formula is C14H14N6O2. The molecule has 0 aliphatic carbocycles. The summed E-state index contributed by atoms with van der Waals surface area (Å²) in [5.74, 6) is -1.52. The van der Waals surface area contributed by atoms with Crippen LogP contribution in [0.25, 0.3) is 11.3 Å². The lowest BCUT2D eigenvalue weighted by molar-refractivity contribution is -0.130. The summed E-state index contributed by atoms with van der Waals surface area (Å²) in [5, 5.41) is 9.67. The number of aliphatic imine (C=N–C) groups is 1. The predicted octanol–water partition coefficient (Wildman–Crippen LogP) is -0.757. The van der Waals surface area contributed by atoms with Gasteiger partial charge in [0.15, 0.2) is 11.6 Å². The van der Waals surface area contributed by atoms with Crippen LogP contribution in [0.1, 0.15) is 5.69 Å². The van der Waals surface area contributed by atoms with Crippen LogP contribution in [-0.4, -0.2) is 34.4 Å². The molecule has 2 heterocycles. The number of carbonyl (C=O) groups is 2. The Bertz CT molecular complexity index is 754. The minimum atomic E-state index is -1.55. The lowest BCUT2D eigenvalue weighted by atomic mass is 9.86. The summed E-state index contributed by atoms with van der Waals surface area (Å²) < 4.78 is 0. The van der Waals surface area contributed by atoms with Crippen LogP contribution in [0.2, 0.25) is 0 Å². The van der Waals surface area contributed by atoms with Crippen molar-refractivity contribution in [2.45, 2.75) is 11.6 Å². The third-order valence-electron chi connectivity index (χ3n) is 3.66. The molecule has 8 heteroatoms. The van der Waals surface area contributed by atoms with Gasteiger partial charge < -0.3 is 16.8 Å². The van der Waals surface area contributed by atoms with Crippen molar-refractivity contribution in [2.24, 2.45) is 16.5 Å². The zero-order valence-corrected chi connectivity index (χ0v) is 11.5. The lowest BCUT2D eigenvalue weighted by Crippen LogP contribution is -2.59.